The lowest BCUT2D eigenvalue weighted by Gasteiger charge is -2.36. The summed E-state index contributed by atoms with van der Waals surface area (Å²) in [5.41, 5.74) is 0. The van der Waals surface area contributed by atoms with Crippen molar-refractivity contribution in [2.24, 2.45) is 5.92 Å². The zero-order valence-electron chi connectivity index (χ0n) is 7.55. The van der Waals surface area contributed by atoms with Gasteiger partial charge in [0.05, 0.1) is 0 Å². The van der Waals surface area contributed by atoms with Crippen LogP contribution in [-0.2, 0) is 0 Å². The Kier molecular flexibility index (Phi) is 2.17. The molecule has 1 saturated carbocycles. The van der Waals surface area contributed by atoms with Gasteiger partial charge in [0.25, 0.3) is 0 Å². The van der Waals surface area contributed by atoms with Crippen LogP contribution in [-0.4, -0.2) is 24.0 Å². The second kappa shape index (κ2) is 3.14. The van der Waals surface area contributed by atoms with Crippen LogP contribution in [0.25, 0.3) is 0 Å². The SMILES string of the molecule is CC(CCC1CC1)N1CCC1. The minimum absolute atomic E-state index is 0.879. The highest BCUT2D eigenvalue weighted by atomic mass is 15.2. The average Bonchev–Trinajstić information content (AvgIpc) is 2.61. The van der Waals surface area contributed by atoms with Gasteiger partial charge in [-0.1, -0.05) is 12.8 Å². The first kappa shape index (κ1) is 7.60. The molecule has 0 aromatic rings. The van der Waals surface area contributed by atoms with Gasteiger partial charge in [-0.2, -0.15) is 0 Å². The molecule has 1 unspecified atom stereocenters. The highest BCUT2D eigenvalue weighted by Gasteiger charge is 2.24. The summed E-state index contributed by atoms with van der Waals surface area (Å²) < 4.78 is 0. The van der Waals surface area contributed by atoms with Crippen LogP contribution in [0, 0.1) is 5.92 Å². The molecule has 0 aromatic heterocycles. The molecule has 0 amide bonds. The van der Waals surface area contributed by atoms with Crippen molar-refractivity contribution >= 4 is 0 Å². The van der Waals surface area contributed by atoms with Gasteiger partial charge in [0, 0.05) is 6.04 Å². The maximum Gasteiger partial charge on any atom is 0.00670 e. The van der Waals surface area contributed by atoms with Crippen molar-refractivity contribution in [1.29, 1.82) is 0 Å². The van der Waals surface area contributed by atoms with Gasteiger partial charge in [0.1, 0.15) is 0 Å². The van der Waals surface area contributed by atoms with E-state index in [1.165, 1.54) is 45.2 Å². The van der Waals surface area contributed by atoms with Gasteiger partial charge >= 0.3 is 0 Å². The van der Waals surface area contributed by atoms with Gasteiger partial charge in [0.2, 0.25) is 0 Å². The largest absolute Gasteiger partial charge is 0.301 e. The van der Waals surface area contributed by atoms with Gasteiger partial charge in [-0.25, -0.2) is 0 Å². The van der Waals surface area contributed by atoms with Gasteiger partial charge in [-0.3, -0.25) is 0 Å². The summed E-state index contributed by atoms with van der Waals surface area (Å²) in [5, 5.41) is 0. The van der Waals surface area contributed by atoms with Crippen molar-refractivity contribution in [2.45, 2.75) is 45.1 Å². The van der Waals surface area contributed by atoms with E-state index in [1.54, 1.807) is 0 Å². The van der Waals surface area contributed by atoms with Crippen LogP contribution >= 0.6 is 0 Å². The van der Waals surface area contributed by atoms with Crippen molar-refractivity contribution in [3.63, 3.8) is 0 Å². The molecule has 1 aliphatic heterocycles. The molecule has 2 aliphatic rings. The Balaban J connectivity index is 1.59. The molecule has 11 heavy (non-hydrogen) atoms. The smallest absolute Gasteiger partial charge is 0.00670 e. The Hall–Kier alpha value is -0.0400. The molecule has 1 aliphatic carbocycles. The first-order chi connectivity index (χ1) is 5.36. The molecule has 2 fully saturated rings. The first-order valence-electron chi connectivity index (χ1n) is 5.10. The fourth-order valence-corrected chi connectivity index (χ4v) is 1.85. The minimum Gasteiger partial charge on any atom is -0.301 e. The predicted octanol–water partition coefficient (Wildman–Crippen LogP) is 2.27. The number of rotatable bonds is 4. The lowest BCUT2D eigenvalue weighted by Crippen LogP contribution is -2.43. The quantitative estimate of drug-likeness (QED) is 0.599. The fraction of sp³-hybridized carbons (Fsp3) is 1.00. The summed E-state index contributed by atoms with van der Waals surface area (Å²) in [6, 6.07) is 0.879. The summed E-state index contributed by atoms with van der Waals surface area (Å²) in [7, 11) is 0. The van der Waals surface area contributed by atoms with Crippen LogP contribution in [0.2, 0.25) is 0 Å². The summed E-state index contributed by atoms with van der Waals surface area (Å²) in [6.07, 6.45) is 7.43. The van der Waals surface area contributed by atoms with E-state index in [-0.39, 0.29) is 0 Å². The van der Waals surface area contributed by atoms with Gasteiger partial charge in [-0.15, -0.1) is 0 Å². The van der Waals surface area contributed by atoms with Gasteiger partial charge in [0.15, 0.2) is 0 Å². The first-order valence-corrected chi connectivity index (χ1v) is 5.10. The summed E-state index contributed by atoms with van der Waals surface area (Å²) in [5.74, 6) is 1.12. The van der Waals surface area contributed by atoms with Crippen LogP contribution in [0.5, 0.6) is 0 Å². The zero-order chi connectivity index (χ0) is 7.68. The van der Waals surface area contributed by atoms with E-state index in [1.807, 2.05) is 0 Å². The van der Waals surface area contributed by atoms with E-state index in [0.29, 0.717) is 0 Å². The Labute approximate surface area is 69.8 Å². The second-order valence-corrected chi connectivity index (χ2v) is 4.26. The van der Waals surface area contributed by atoms with Crippen molar-refractivity contribution in [2.75, 3.05) is 13.1 Å². The van der Waals surface area contributed by atoms with Crippen molar-refractivity contribution in [3.05, 3.63) is 0 Å². The molecule has 1 saturated heterocycles. The Morgan fingerprint density at radius 2 is 2.09 bits per heavy atom. The third kappa shape index (κ3) is 1.96. The van der Waals surface area contributed by atoms with Crippen LogP contribution in [0.3, 0.4) is 0 Å². The Morgan fingerprint density at radius 3 is 2.55 bits per heavy atom. The second-order valence-electron chi connectivity index (χ2n) is 4.26. The van der Waals surface area contributed by atoms with E-state index >= 15 is 0 Å². The maximum absolute atomic E-state index is 2.61. The van der Waals surface area contributed by atoms with E-state index in [2.05, 4.69) is 11.8 Å². The summed E-state index contributed by atoms with van der Waals surface area (Å²) >= 11 is 0. The summed E-state index contributed by atoms with van der Waals surface area (Å²) in [4.78, 5) is 2.61. The van der Waals surface area contributed by atoms with Crippen LogP contribution < -0.4 is 0 Å². The van der Waals surface area contributed by atoms with Crippen molar-refractivity contribution in [3.8, 4) is 0 Å². The normalized spacial score (nSPS) is 28.1. The molecular weight excluding hydrogens is 134 g/mol. The lowest BCUT2D eigenvalue weighted by molar-refractivity contribution is 0.120. The van der Waals surface area contributed by atoms with Crippen molar-refractivity contribution in [1.82, 2.24) is 4.90 Å². The van der Waals surface area contributed by atoms with E-state index < -0.39 is 0 Å². The molecule has 0 spiro atoms. The molecule has 0 bridgehead atoms. The molecule has 2 rings (SSSR count). The molecule has 0 radical (unpaired) electrons. The molecule has 1 atom stereocenters. The zero-order valence-corrected chi connectivity index (χ0v) is 7.55. The third-order valence-corrected chi connectivity index (χ3v) is 3.20. The van der Waals surface area contributed by atoms with Crippen LogP contribution in [0.15, 0.2) is 0 Å². The maximum atomic E-state index is 2.61. The average molecular weight is 153 g/mol. The van der Waals surface area contributed by atoms with Gasteiger partial charge in [-0.05, 0) is 45.2 Å². The molecule has 1 heteroatoms. The number of hydrogen-bond acceptors (Lipinski definition) is 1. The van der Waals surface area contributed by atoms with E-state index in [4.69, 9.17) is 0 Å². The number of nitrogens with zero attached hydrogens (tertiary/aromatic N) is 1. The molecule has 0 N–H and O–H groups in total. The standard InChI is InChI=1S/C10H19N/c1-9(11-7-2-8-11)3-4-10-5-6-10/h9-10H,2-8H2,1H3. The summed E-state index contributed by atoms with van der Waals surface area (Å²) in [6.45, 7) is 5.12. The van der Waals surface area contributed by atoms with E-state index in [0.717, 1.165) is 12.0 Å². The molecule has 64 valence electrons. The molecule has 1 nitrogen and oxygen atoms in total. The van der Waals surface area contributed by atoms with Gasteiger partial charge < -0.3 is 4.90 Å². The van der Waals surface area contributed by atoms with Crippen molar-refractivity contribution < 1.29 is 0 Å². The van der Waals surface area contributed by atoms with Crippen LogP contribution in [0.4, 0.5) is 0 Å². The third-order valence-electron chi connectivity index (χ3n) is 3.20. The highest BCUT2D eigenvalue weighted by Crippen LogP contribution is 2.34. The predicted molar refractivity (Wildman–Crippen MR) is 47.6 cm³/mol. The Bertz CT molecular complexity index is 125. The highest BCUT2D eigenvalue weighted by molar-refractivity contribution is 4.79. The number of likely N-dealkylation sites (tertiary alicyclic amines) is 1. The monoisotopic (exact) mass is 153 g/mol. The van der Waals surface area contributed by atoms with E-state index in [9.17, 15) is 0 Å². The Morgan fingerprint density at radius 1 is 1.36 bits per heavy atom. The molecule has 1 heterocycles. The molecular formula is C10H19N. The number of hydrogen-bond donors (Lipinski definition) is 0. The fourth-order valence-electron chi connectivity index (χ4n) is 1.85. The lowest BCUT2D eigenvalue weighted by atomic mass is 10.1. The van der Waals surface area contributed by atoms with Crippen LogP contribution in [0.1, 0.15) is 39.0 Å². The minimum atomic E-state index is 0.879. The molecule has 0 aromatic carbocycles. The topological polar surface area (TPSA) is 3.24 Å².